The summed E-state index contributed by atoms with van der Waals surface area (Å²) < 4.78 is 30.4. The minimum atomic E-state index is -3.49. The predicted molar refractivity (Wildman–Crippen MR) is 105 cm³/mol. The highest BCUT2D eigenvalue weighted by Crippen LogP contribution is 2.50. The molecule has 0 spiro atoms. The lowest BCUT2D eigenvalue weighted by molar-refractivity contribution is 0.567. The van der Waals surface area contributed by atoms with Gasteiger partial charge in [-0.05, 0) is 48.6 Å². The second kappa shape index (κ2) is 6.25. The van der Waals surface area contributed by atoms with Crippen LogP contribution in [0.4, 0.5) is 0 Å². The Balaban J connectivity index is 1.58. The number of fused-ring (bicyclic) bond motifs is 1. The third kappa shape index (κ3) is 2.95. The molecule has 136 valence electrons. The van der Waals surface area contributed by atoms with Crippen LogP contribution in [-0.2, 0) is 28.9 Å². The Morgan fingerprint density at radius 2 is 1.77 bits per heavy atom. The summed E-state index contributed by atoms with van der Waals surface area (Å²) in [5.74, 6) is 0. The van der Waals surface area contributed by atoms with Gasteiger partial charge in [-0.2, -0.15) is 0 Å². The molecule has 0 radical (unpaired) electrons. The van der Waals surface area contributed by atoms with Crippen molar-refractivity contribution in [3.05, 3.63) is 65.9 Å². The third-order valence-corrected chi connectivity index (χ3v) is 6.98. The van der Waals surface area contributed by atoms with Crippen molar-refractivity contribution < 1.29 is 8.42 Å². The van der Waals surface area contributed by atoms with Gasteiger partial charge in [-0.25, -0.2) is 13.1 Å². The van der Waals surface area contributed by atoms with Crippen LogP contribution < -0.4 is 4.72 Å². The zero-order valence-corrected chi connectivity index (χ0v) is 16.0. The predicted octanol–water partition coefficient (Wildman–Crippen LogP) is 3.75. The number of hydrogen-bond donors (Lipinski definition) is 1. The summed E-state index contributed by atoms with van der Waals surface area (Å²) in [6, 6.07) is 15.5. The Kier molecular flexibility index (Phi) is 4.16. The number of rotatable bonds is 6. The molecule has 1 N–H and O–H groups in total. The molecule has 1 heterocycles. The summed E-state index contributed by atoms with van der Waals surface area (Å²) in [5.41, 5.74) is 3.49. The van der Waals surface area contributed by atoms with Crippen LogP contribution in [0.15, 0.2) is 59.6 Å². The lowest BCUT2D eigenvalue weighted by Crippen LogP contribution is -2.32. The largest absolute Gasteiger partial charge is 0.350 e. The molecule has 0 bridgehead atoms. The number of sulfonamides is 1. The molecular formula is C21H24N2O2S. The quantitative estimate of drug-likeness (QED) is 0.720. The van der Waals surface area contributed by atoms with E-state index in [1.54, 1.807) is 12.1 Å². The van der Waals surface area contributed by atoms with E-state index in [4.69, 9.17) is 0 Å². The van der Waals surface area contributed by atoms with Gasteiger partial charge in [-0.3, -0.25) is 0 Å². The molecule has 4 nitrogen and oxygen atoms in total. The molecule has 0 amide bonds. The maximum Gasteiger partial charge on any atom is 0.240 e. The molecule has 0 unspecified atom stereocenters. The zero-order valence-electron chi connectivity index (χ0n) is 15.2. The average Bonchev–Trinajstić information content (AvgIpc) is 3.38. The van der Waals surface area contributed by atoms with Crippen LogP contribution in [0.25, 0.3) is 10.9 Å². The fourth-order valence-electron chi connectivity index (χ4n) is 3.68. The van der Waals surface area contributed by atoms with Gasteiger partial charge in [0.1, 0.15) is 0 Å². The Hall–Kier alpha value is -2.11. The highest BCUT2D eigenvalue weighted by molar-refractivity contribution is 7.89. The first-order valence-corrected chi connectivity index (χ1v) is 10.6. The fraction of sp³-hybridized carbons (Fsp3) is 0.333. The van der Waals surface area contributed by atoms with E-state index in [1.165, 1.54) is 16.5 Å². The molecule has 1 aliphatic carbocycles. The van der Waals surface area contributed by atoms with Crippen LogP contribution in [0.5, 0.6) is 0 Å². The second-order valence-electron chi connectivity index (χ2n) is 7.27. The topological polar surface area (TPSA) is 51.1 Å². The van der Waals surface area contributed by atoms with E-state index >= 15 is 0 Å². The first-order chi connectivity index (χ1) is 12.5. The van der Waals surface area contributed by atoms with Gasteiger partial charge in [0.25, 0.3) is 0 Å². The first kappa shape index (κ1) is 17.3. The zero-order chi connectivity index (χ0) is 18.4. The molecule has 1 fully saturated rings. The summed E-state index contributed by atoms with van der Waals surface area (Å²) >= 11 is 0. The van der Waals surface area contributed by atoms with E-state index in [1.807, 2.05) is 31.3 Å². The summed E-state index contributed by atoms with van der Waals surface area (Å²) in [6.07, 6.45) is 5.08. The van der Waals surface area contributed by atoms with Gasteiger partial charge in [0, 0.05) is 36.1 Å². The molecule has 5 heteroatoms. The molecule has 26 heavy (non-hydrogen) atoms. The molecule has 1 aliphatic rings. The van der Waals surface area contributed by atoms with Crippen molar-refractivity contribution in [2.24, 2.45) is 7.05 Å². The van der Waals surface area contributed by atoms with Crippen LogP contribution in [-0.4, -0.2) is 19.5 Å². The Bertz CT molecular complexity index is 1050. The lowest BCUT2D eigenvalue weighted by atomic mass is 9.96. The number of hydrogen-bond acceptors (Lipinski definition) is 2. The van der Waals surface area contributed by atoms with Crippen molar-refractivity contribution >= 4 is 20.9 Å². The van der Waals surface area contributed by atoms with E-state index in [-0.39, 0.29) is 5.41 Å². The number of nitrogens with one attached hydrogen (secondary N) is 1. The van der Waals surface area contributed by atoms with E-state index in [2.05, 4.69) is 34.5 Å². The van der Waals surface area contributed by atoms with Crippen molar-refractivity contribution in [3.8, 4) is 0 Å². The molecule has 3 aromatic rings. The van der Waals surface area contributed by atoms with Crippen LogP contribution in [0.2, 0.25) is 0 Å². The van der Waals surface area contributed by atoms with Crippen molar-refractivity contribution in [1.29, 1.82) is 0 Å². The van der Waals surface area contributed by atoms with Gasteiger partial charge in [0.2, 0.25) is 10.0 Å². The SMILES string of the molecule is CCc1ccc(S(=O)(=O)NCC2(c3cn(C)c4ccccc34)CC2)cc1. The molecular weight excluding hydrogens is 344 g/mol. The van der Waals surface area contributed by atoms with Crippen LogP contribution >= 0.6 is 0 Å². The highest BCUT2D eigenvalue weighted by atomic mass is 32.2. The van der Waals surface area contributed by atoms with Crippen molar-refractivity contribution in [3.63, 3.8) is 0 Å². The van der Waals surface area contributed by atoms with Crippen LogP contribution in [0.3, 0.4) is 0 Å². The highest BCUT2D eigenvalue weighted by Gasteiger charge is 2.46. The number of nitrogens with zero attached hydrogens (tertiary/aromatic N) is 1. The number of benzene rings is 2. The van der Waals surface area contributed by atoms with Crippen molar-refractivity contribution in [1.82, 2.24) is 9.29 Å². The normalized spacial score (nSPS) is 16.1. The van der Waals surface area contributed by atoms with E-state index < -0.39 is 10.0 Å². The lowest BCUT2D eigenvalue weighted by Gasteiger charge is -2.16. The molecule has 0 saturated heterocycles. The molecule has 1 saturated carbocycles. The fourth-order valence-corrected chi connectivity index (χ4v) is 4.80. The molecule has 4 rings (SSSR count). The summed E-state index contributed by atoms with van der Waals surface area (Å²) in [6.45, 7) is 2.50. The maximum absolute atomic E-state index is 12.7. The van der Waals surface area contributed by atoms with Crippen LogP contribution in [0, 0.1) is 0 Å². The maximum atomic E-state index is 12.7. The van der Waals surface area contributed by atoms with Gasteiger partial charge in [-0.1, -0.05) is 37.3 Å². The minimum Gasteiger partial charge on any atom is -0.350 e. The summed E-state index contributed by atoms with van der Waals surface area (Å²) in [5, 5.41) is 1.22. The van der Waals surface area contributed by atoms with E-state index in [9.17, 15) is 8.42 Å². The van der Waals surface area contributed by atoms with Gasteiger partial charge in [-0.15, -0.1) is 0 Å². The van der Waals surface area contributed by atoms with Crippen molar-refractivity contribution in [2.75, 3.05) is 6.54 Å². The smallest absolute Gasteiger partial charge is 0.240 e. The van der Waals surface area contributed by atoms with Gasteiger partial charge in [0.15, 0.2) is 0 Å². The molecule has 2 aromatic carbocycles. The molecule has 0 aliphatic heterocycles. The molecule has 0 atom stereocenters. The van der Waals surface area contributed by atoms with Gasteiger partial charge in [0.05, 0.1) is 4.90 Å². The first-order valence-electron chi connectivity index (χ1n) is 9.08. The number of aryl methyl sites for hydroxylation is 2. The summed E-state index contributed by atoms with van der Waals surface area (Å²) in [7, 11) is -1.45. The average molecular weight is 369 g/mol. The van der Waals surface area contributed by atoms with Gasteiger partial charge >= 0.3 is 0 Å². The van der Waals surface area contributed by atoms with E-state index in [0.717, 1.165) is 24.8 Å². The molecule has 1 aromatic heterocycles. The second-order valence-corrected chi connectivity index (χ2v) is 9.04. The van der Waals surface area contributed by atoms with Crippen LogP contribution in [0.1, 0.15) is 30.9 Å². The standard InChI is InChI=1S/C21H24N2O2S/c1-3-16-8-10-17(11-9-16)26(24,25)22-15-21(12-13-21)19-14-23(2)20-7-5-4-6-18(19)20/h4-11,14,22H,3,12-13,15H2,1-2H3. The Labute approximate surface area is 154 Å². The third-order valence-electron chi connectivity index (χ3n) is 5.56. The monoisotopic (exact) mass is 368 g/mol. The Morgan fingerprint density at radius 1 is 1.08 bits per heavy atom. The van der Waals surface area contributed by atoms with E-state index in [0.29, 0.717) is 11.4 Å². The minimum absolute atomic E-state index is 0.0860. The van der Waals surface area contributed by atoms with Crippen molar-refractivity contribution in [2.45, 2.75) is 36.5 Å². The Morgan fingerprint density at radius 3 is 2.42 bits per heavy atom. The van der Waals surface area contributed by atoms with Gasteiger partial charge < -0.3 is 4.57 Å². The summed E-state index contributed by atoms with van der Waals surface area (Å²) in [4.78, 5) is 0.336. The number of para-hydroxylation sites is 1. The number of aromatic nitrogens is 1.